The van der Waals surface area contributed by atoms with E-state index in [1.165, 1.54) is 34.5 Å². The number of hydrogen-bond donors (Lipinski definition) is 0. The molecule has 2 heterocycles. The molecule has 0 unspecified atom stereocenters. The van der Waals surface area contributed by atoms with E-state index in [-0.39, 0.29) is 35.4 Å². The number of esters is 1. The molecule has 0 bridgehead atoms. The van der Waals surface area contributed by atoms with Crippen LogP contribution < -0.4 is 38.2 Å². The van der Waals surface area contributed by atoms with Crippen molar-refractivity contribution in [3.63, 3.8) is 0 Å². The second-order valence-corrected chi connectivity index (χ2v) is 8.38. The fourth-order valence-corrected chi connectivity index (χ4v) is 4.35. The number of anilines is 2. The highest BCUT2D eigenvalue weighted by atomic mass is 127. The van der Waals surface area contributed by atoms with E-state index < -0.39 is 12.1 Å². The molecule has 2 aromatic carbocycles. The van der Waals surface area contributed by atoms with Crippen LogP contribution in [0.3, 0.4) is 0 Å². The molecule has 184 valence electrons. The Morgan fingerprint density at radius 3 is 2.17 bits per heavy atom. The second kappa shape index (κ2) is 12.0. The largest absolute Gasteiger partial charge is 1.00 e. The van der Waals surface area contributed by atoms with Crippen LogP contribution in [0, 0.1) is 0 Å². The van der Waals surface area contributed by atoms with Crippen LogP contribution in [-0.4, -0.2) is 44.2 Å². The van der Waals surface area contributed by atoms with E-state index in [0.717, 1.165) is 25.8 Å². The summed E-state index contributed by atoms with van der Waals surface area (Å²) in [4.78, 5) is 28.8. The number of fused-ring (bicyclic) bond motifs is 2. The number of carbonyl (C=O) groups is 2. The fraction of sp³-hybridized carbons (Fsp3) is 0.296. The van der Waals surface area contributed by atoms with Crippen LogP contribution in [0.15, 0.2) is 66.9 Å². The van der Waals surface area contributed by atoms with Gasteiger partial charge in [-0.25, -0.2) is 9.59 Å². The van der Waals surface area contributed by atoms with Crippen LogP contribution in [0.1, 0.15) is 28.0 Å². The summed E-state index contributed by atoms with van der Waals surface area (Å²) in [6.45, 7) is 1.27. The molecular weight excluding hydrogens is 557 g/mol. The third kappa shape index (κ3) is 5.93. The first-order valence-electron chi connectivity index (χ1n) is 11.4. The van der Waals surface area contributed by atoms with E-state index in [4.69, 9.17) is 9.47 Å². The number of ether oxygens (including phenoxy) is 2. The monoisotopic (exact) mass is 587 g/mol. The first kappa shape index (κ1) is 26.5. The fourth-order valence-electron chi connectivity index (χ4n) is 4.35. The maximum Gasteiger partial charge on any atom is 0.415 e. The van der Waals surface area contributed by atoms with Crippen LogP contribution in [0.5, 0.6) is 5.75 Å². The first-order chi connectivity index (χ1) is 16.5. The summed E-state index contributed by atoms with van der Waals surface area (Å²) >= 11 is 0. The summed E-state index contributed by atoms with van der Waals surface area (Å²) in [5.41, 5.74) is 5.29. The van der Waals surface area contributed by atoms with Gasteiger partial charge in [-0.1, -0.05) is 36.4 Å². The Kier molecular flexibility index (Phi) is 9.08. The van der Waals surface area contributed by atoms with Crippen molar-refractivity contribution in [2.45, 2.75) is 19.3 Å². The molecule has 0 saturated heterocycles. The van der Waals surface area contributed by atoms with Crippen LogP contribution in [0.4, 0.5) is 16.2 Å². The van der Waals surface area contributed by atoms with Crippen LogP contribution in [0.2, 0.25) is 0 Å². The van der Waals surface area contributed by atoms with Gasteiger partial charge in [-0.05, 0) is 48.6 Å². The predicted octanol–water partition coefficient (Wildman–Crippen LogP) is 1.06. The van der Waals surface area contributed by atoms with Crippen molar-refractivity contribution in [2.24, 2.45) is 7.05 Å². The molecule has 35 heavy (non-hydrogen) atoms. The number of nitrogens with zero attached hydrogens (tertiary/aromatic N) is 3. The number of carbonyl (C=O) groups excluding carboxylic acids is 2. The molecule has 0 radical (unpaired) electrons. The molecule has 1 amide bonds. The number of rotatable bonds is 6. The minimum absolute atomic E-state index is 0. The summed E-state index contributed by atoms with van der Waals surface area (Å²) in [6, 6.07) is 20.3. The van der Waals surface area contributed by atoms with Crippen molar-refractivity contribution in [1.82, 2.24) is 4.90 Å². The molecule has 1 aliphatic heterocycles. The van der Waals surface area contributed by atoms with Crippen LogP contribution >= 0.6 is 0 Å². The number of para-hydroxylation sites is 2. The molecule has 0 fully saturated rings. The first-order valence-corrected chi connectivity index (χ1v) is 11.4. The maximum absolute atomic E-state index is 12.7. The lowest BCUT2D eigenvalue weighted by Crippen LogP contribution is -3.00. The van der Waals surface area contributed by atoms with Gasteiger partial charge in [-0.15, -0.1) is 0 Å². The molecule has 4 rings (SSSR count). The highest BCUT2D eigenvalue weighted by Gasteiger charge is 2.27. The van der Waals surface area contributed by atoms with E-state index in [9.17, 15) is 9.59 Å². The lowest BCUT2D eigenvalue weighted by atomic mass is 10.0. The summed E-state index contributed by atoms with van der Waals surface area (Å²) in [6.07, 6.45) is 3.94. The van der Waals surface area contributed by atoms with E-state index in [1.807, 2.05) is 0 Å². The van der Waals surface area contributed by atoms with Gasteiger partial charge >= 0.3 is 17.8 Å². The van der Waals surface area contributed by atoms with Crippen LogP contribution in [-0.2, 0) is 24.6 Å². The summed E-state index contributed by atoms with van der Waals surface area (Å²) < 4.78 is 11.9. The summed E-state index contributed by atoms with van der Waals surface area (Å²) in [5.74, 6) is -0.392. The van der Waals surface area contributed by atoms with E-state index in [1.54, 1.807) is 37.0 Å². The number of aryl methyl sites for hydroxylation is 3. The Balaban J connectivity index is 0.00000342. The zero-order valence-corrected chi connectivity index (χ0v) is 22.4. The molecule has 7 nitrogen and oxygen atoms in total. The predicted molar refractivity (Wildman–Crippen MR) is 130 cm³/mol. The number of aromatic nitrogens is 1. The minimum atomic E-state index is -0.563. The van der Waals surface area contributed by atoms with E-state index >= 15 is 0 Å². The van der Waals surface area contributed by atoms with Crippen LogP contribution in [0.25, 0.3) is 0 Å². The molecule has 8 heteroatoms. The van der Waals surface area contributed by atoms with Gasteiger partial charge in [0.1, 0.15) is 7.05 Å². The topological polar surface area (TPSA) is 63.0 Å². The van der Waals surface area contributed by atoms with Crippen molar-refractivity contribution in [2.75, 3.05) is 32.1 Å². The normalized spacial score (nSPS) is 11.9. The van der Waals surface area contributed by atoms with Crippen molar-refractivity contribution in [3.05, 3.63) is 83.7 Å². The van der Waals surface area contributed by atoms with Crippen molar-refractivity contribution in [3.8, 4) is 5.75 Å². The highest BCUT2D eigenvalue weighted by molar-refractivity contribution is 5.89. The lowest BCUT2D eigenvalue weighted by molar-refractivity contribution is -0.674. The SMILES string of the molecule is COC(=O)c1c(OC(=O)N(C)CCCN2c3ccccc3CCc3ccccc32)ccc[n+]1C.[I-]. The number of benzene rings is 2. The Morgan fingerprint density at radius 1 is 0.971 bits per heavy atom. The molecule has 0 saturated carbocycles. The molecule has 3 aromatic rings. The Morgan fingerprint density at radius 2 is 1.57 bits per heavy atom. The van der Waals surface area contributed by atoms with Gasteiger partial charge in [0.15, 0.2) is 6.20 Å². The van der Waals surface area contributed by atoms with Crippen molar-refractivity contribution < 1.29 is 47.6 Å². The summed E-state index contributed by atoms with van der Waals surface area (Å²) in [7, 11) is 4.70. The molecule has 0 aliphatic carbocycles. The lowest BCUT2D eigenvalue weighted by Gasteiger charge is -2.28. The third-order valence-corrected chi connectivity index (χ3v) is 6.13. The Bertz CT molecular complexity index is 1150. The Labute approximate surface area is 223 Å². The molecule has 0 spiro atoms. The summed E-state index contributed by atoms with van der Waals surface area (Å²) in [5, 5.41) is 0. The Hall–Kier alpha value is -3.14. The second-order valence-electron chi connectivity index (χ2n) is 8.38. The molecular formula is C27H30IN3O4. The third-order valence-electron chi connectivity index (χ3n) is 6.13. The highest BCUT2D eigenvalue weighted by Crippen LogP contribution is 2.35. The number of halogens is 1. The zero-order valence-electron chi connectivity index (χ0n) is 20.2. The smallest absolute Gasteiger partial charge is 0.415 e. The number of amides is 1. The average molecular weight is 587 g/mol. The quantitative estimate of drug-likeness (QED) is 0.246. The van der Waals surface area contributed by atoms with Gasteiger partial charge in [-0.2, -0.15) is 4.57 Å². The number of pyridine rings is 1. The standard InChI is InChI=1S/C27H30N3O4.HI/c1-28-17-8-14-24(25(28)26(31)33-3)34-27(32)29(2)18-9-19-30-22-12-6-4-10-20(22)15-16-21-11-5-7-13-23(21)30;/h4-8,10-14,17H,9,15-16,18-19H2,1-3H3;1H/q+1;/p-1. The van der Waals surface area contributed by atoms with Gasteiger partial charge in [0.05, 0.1) is 7.11 Å². The molecule has 1 aromatic heterocycles. The van der Waals surface area contributed by atoms with E-state index in [2.05, 4.69) is 53.4 Å². The van der Waals surface area contributed by atoms with Crippen molar-refractivity contribution >= 4 is 23.4 Å². The molecule has 1 aliphatic rings. The average Bonchev–Trinajstić information content (AvgIpc) is 3.01. The minimum Gasteiger partial charge on any atom is -1.00 e. The molecule has 0 N–H and O–H groups in total. The van der Waals surface area contributed by atoms with Crippen molar-refractivity contribution in [1.29, 1.82) is 0 Å². The van der Waals surface area contributed by atoms with Gasteiger partial charge in [-0.3, -0.25) is 0 Å². The zero-order chi connectivity index (χ0) is 24.1. The molecule has 0 atom stereocenters. The number of hydrogen-bond acceptors (Lipinski definition) is 5. The maximum atomic E-state index is 12.7. The van der Waals surface area contributed by atoms with Gasteiger partial charge < -0.3 is 43.3 Å². The van der Waals surface area contributed by atoms with E-state index in [0.29, 0.717) is 6.54 Å². The number of methoxy groups -OCH3 is 1. The van der Waals surface area contributed by atoms with Gasteiger partial charge in [0, 0.05) is 37.6 Å². The van der Waals surface area contributed by atoms with Gasteiger partial charge in [0.25, 0.3) is 0 Å². The van der Waals surface area contributed by atoms with Gasteiger partial charge in [0.2, 0.25) is 5.75 Å².